The third-order valence-electron chi connectivity index (χ3n) is 5.91. The van der Waals surface area contributed by atoms with Crippen molar-refractivity contribution >= 4 is 11.8 Å². The number of likely N-dealkylation sites (tertiary alicyclic amines) is 1. The standard InChI is InChI=1S/C22H25N3O2/c1-16(21(27)25-13-11-22(9-10-22)12-14-25)24-20(26)19-8-7-18(15-23-19)17-5-3-2-4-6-17/h2-8,15-16H,9-14H2,1H3,(H,24,26)/t16-/m1/s1. The molecule has 1 aliphatic heterocycles. The van der Waals surface area contributed by atoms with E-state index in [2.05, 4.69) is 10.3 Å². The van der Waals surface area contributed by atoms with Crippen LogP contribution in [-0.2, 0) is 4.79 Å². The molecule has 0 radical (unpaired) electrons. The lowest BCUT2D eigenvalue weighted by molar-refractivity contribution is -0.134. The Morgan fingerprint density at radius 2 is 1.70 bits per heavy atom. The molecule has 5 heteroatoms. The summed E-state index contributed by atoms with van der Waals surface area (Å²) in [7, 11) is 0. The summed E-state index contributed by atoms with van der Waals surface area (Å²) >= 11 is 0. The van der Waals surface area contributed by atoms with Crippen LogP contribution in [0.25, 0.3) is 11.1 Å². The lowest BCUT2D eigenvalue weighted by Gasteiger charge is -2.33. The van der Waals surface area contributed by atoms with E-state index in [1.54, 1.807) is 19.2 Å². The molecule has 140 valence electrons. The largest absolute Gasteiger partial charge is 0.341 e. The molecule has 2 fully saturated rings. The third-order valence-corrected chi connectivity index (χ3v) is 5.91. The molecular weight excluding hydrogens is 338 g/mol. The van der Waals surface area contributed by atoms with Crippen LogP contribution in [0.1, 0.15) is 43.1 Å². The smallest absolute Gasteiger partial charge is 0.270 e. The van der Waals surface area contributed by atoms with Crippen molar-refractivity contribution in [1.82, 2.24) is 15.2 Å². The van der Waals surface area contributed by atoms with Crippen LogP contribution in [0.3, 0.4) is 0 Å². The molecule has 1 N–H and O–H groups in total. The highest BCUT2D eigenvalue weighted by molar-refractivity contribution is 5.96. The van der Waals surface area contributed by atoms with Gasteiger partial charge in [0.05, 0.1) is 0 Å². The van der Waals surface area contributed by atoms with Crippen molar-refractivity contribution in [2.24, 2.45) is 5.41 Å². The minimum absolute atomic E-state index is 0.000226. The van der Waals surface area contributed by atoms with E-state index >= 15 is 0 Å². The number of hydrogen-bond donors (Lipinski definition) is 1. The highest BCUT2D eigenvalue weighted by Crippen LogP contribution is 2.53. The summed E-state index contributed by atoms with van der Waals surface area (Å²) in [5.74, 6) is -0.314. The van der Waals surface area contributed by atoms with Gasteiger partial charge in [-0.1, -0.05) is 36.4 Å². The summed E-state index contributed by atoms with van der Waals surface area (Å²) in [6.07, 6.45) is 6.51. The highest BCUT2D eigenvalue weighted by Gasteiger charge is 2.45. The van der Waals surface area contributed by atoms with Crippen molar-refractivity contribution in [3.63, 3.8) is 0 Å². The number of amides is 2. The van der Waals surface area contributed by atoms with Gasteiger partial charge in [0.25, 0.3) is 5.91 Å². The molecule has 27 heavy (non-hydrogen) atoms. The Kier molecular flexibility index (Phi) is 4.68. The average Bonchev–Trinajstić information content (AvgIpc) is 3.47. The predicted molar refractivity (Wildman–Crippen MR) is 104 cm³/mol. The van der Waals surface area contributed by atoms with Gasteiger partial charge in [0.15, 0.2) is 0 Å². The van der Waals surface area contributed by atoms with E-state index in [0.29, 0.717) is 11.1 Å². The molecule has 2 aromatic rings. The van der Waals surface area contributed by atoms with Gasteiger partial charge < -0.3 is 10.2 Å². The fourth-order valence-corrected chi connectivity index (χ4v) is 3.81. The van der Waals surface area contributed by atoms with E-state index in [0.717, 1.165) is 37.1 Å². The first-order valence-electron chi connectivity index (χ1n) is 9.68. The molecule has 4 rings (SSSR count). The first-order chi connectivity index (χ1) is 13.1. The molecule has 0 unspecified atom stereocenters. The molecule has 2 heterocycles. The number of carbonyl (C=O) groups excluding carboxylic acids is 2. The molecule has 1 aliphatic carbocycles. The Bertz CT molecular complexity index is 818. The summed E-state index contributed by atoms with van der Waals surface area (Å²) in [5, 5.41) is 2.80. The van der Waals surface area contributed by atoms with Gasteiger partial charge in [0.1, 0.15) is 11.7 Å². The number of rotatable bonds is 4. The molecule has 2 aliphatic rings. The first-order valence-corrected chi connectivity index (χ1v) is 9.68. The molecule has 2 amide bonds. The van der Waals surface area contributed by atoms with Gasteiger partial charge in [-0.15, -0.1) is 0 Å². The van der Waals surface area contributed by atoms with E-state index in [9.17, 15) is 9.59 Å². The molecule has 1 saturated carbocycles. The Balaban J connectivity index is 1.34. The number of carbonyl (C=O) groups is 2. The van der Waals surface area contributed by atoms with E-state index < -0.39 is 6.04 Å². The van der Waals surface area contributed by atoms with Crippen LogP contribution in [-0.4, -0.2) is 40.8 Å². The molecule has 1 saturated heterocycles. The zero-order chi connectivity index (χ0) is 18.9. The second-order valence-corrected chi connectivity index (χ2v) is 7.82. The summed E-state index contributed by atoms with van der Waals surface area (Å²) in [5.41, 5.74) is 2.87. The molecule has 1 atom stereocenters. The molecule has 1 spiro atoms. The number of hydrogen-bond acceptors (Lipinski definition) is 3. The van der Waals surface area contributed by atoms with Crippen molar-refractivity contribution in [3.05, 3.63) is 54.4 Å². The van der Waals surface area contributed by atoms with Gasteiger partial charge in [-0.3, -0.25) is 14.6 Å². The summed E-state index contributed by atoms with van der Waals surface area (Å²) in [4.78, 5) is 31.2. The van der Waals surface area contributed by atoms with Crippen LogP contribution in [0, 0.1) is 5.41 Å². The third kappa shape index (κ3) is 3.87. The Morgan fingerprint density at radius 3 is 2.30 bits per heavy atom. The zero-order valence-electron chi connectivity index (χ0n) is 15.6. The quantitative estimate of drug-likeness (QED) is 0.907. The average molecular weight is 363 g/mol. The second kappa shape index (κ2) is 7.14. The number of piperidine rings is 1. The molecule has 1 aromatic heterocycles. The van der Waals surface area contributed by atoms with Crippen LogP contribution in [0.5, 0.6) is 0 Å². The predicted octanol–water partition coefficient (Wildman–Crippen LogP) is 3.27. The molecule has 0 bridgehead atoms. The number of benzene rings is 1. The minimum atomic E-state index is -0.540. The fourth-order valence-electron chi connectivity index (χ4n) is 3.81. The number of nitrogens with zero attached hydrogens (tertiary/aromatic N) is 2. The van der Waals surface area contributed by atoms with Crippen molar-refractivity contribution in [1.29, 1.82) is 0 Å². The molecule has 5 nitrogen and oxygen atoms in total. The van der Waals surface area contributed by atoms with Crippen molar-refractivity contribution in [2.75, 3.05) is 13.1 Å². The number of pyridine rings is 1. The SMILES string of the molecule is C[C@@H](NC(=O)c1ccc(-c2ccccc2)cn1)C(=O)N1CCC2(CC1)CC2. The van der Waals surface area contributed by atoms with E-state index in [1.165, 1.54) is 12.8 Å². The normalized spacial score (nSPS) is 18.8. The van der Waals surface area contributed by atoms with Crippen LogP contribution in [0.2, 0.25) is 0 Å². The van der Waals surface area contributed by atoms with E-state index in [-0.39, 0.29) is 11.8 Å². The number of aromatic nitrogens is 1. The van der Waals surface area contributed by atoms with Crippen LogP contribution >= 0.6 is 0 Å². The van der Waals surface area contributed by atoms with Crippen LogP contribution < -0.4 is 5.32 Å². The van der Waals surface area contributed by atoms with Gasteiger partial charge in [-0.05, 0) is 49.7 Å². The second-order valence-electron chi connectivity index (χ2n) is 7.82. The number of nitrogens with one attached hydrogen (secondary N) is 1. The minimum Gasteiger partial charge on any atom is -0.341 e. The molecule has 1 aromatic carbocycles. The van der Waals surface area contributed by atoms with Crippen molar-refractivity contribution in [3.8, 4) is 11.1 Å². The van der Waals surface area contributed by atoms with Crippen molar-refractivity contribution < 1.29 is 9.59 Å². The topological polar surface area (TPSA) is 62.3 Å². The lowest BCUT2D eigenvalue weighted by atomic mass is 9.93. The Hall–Kier alpha value is -2.69. The van der Waals surface area contributed by atoms with E-state index in [1.807, 2.05) is 41.3 Å². The van der Waals surface area contributed by atoms with Gasteiger partial charge in [-0.2, -0.15) is 0 Å². The monoisotopic (exact) mass is 363 g/mol. The first kappa shape index (κ1) is 17.7. The fraction of sp³-hybridized carbons (Fsp3) is 0.409. The van der Waals surface area contributed by atoms with Crippen molar-refractivity contribution in [2.45, 2.75) is 38.6 Å². The summed E-state index contributed by atoms with van der Waals surface area (Å²) < 4.78 is 0. The van der Waals surface area contributed by atoms with Gasteiger partial charge >= 0.3 is 0 Å². The van der Waals surface area contributed by atoms with Crippen LogP contribution in [0.15, 0.2) is 48.7 Å². The Morgan fingerprint density at radius 1 is 1.00 bits per heavy atom. The summed E-state index contributed by atoms with van der Waals surface area (Å²) in [6, 6.07) is 12.9. The maximum absolute atomic E-state index is 12.6. The molecular formula is C22H25N3O2. The van der Waals surface area contributed by atoms with Gasteiger partial charge in [-0.25, -0.2) is 0 Å². The maximum Gasteiger partial charge on any atom is 0.270 e. The van der Waals surface area contributed by atoms with Gasteiger partial charge in [0, 0.05) is 24.8 Å². The highest BCUT2D eigenvalue weighted by atomic mass is 16.2. The maximum atomic E-state index is 12.6. The lowest BCUT2D eigenvalue weighted by Crippen LogP contribution is -2.49. The van der Waals surface area contributed by atoms with Gasteiger partial charge in [0.2, 0.25) is 5.91 Å². The summed E-state index contributed by atoms with van der Waals surface area (Å²) in [6.45, 7) is 3.37. The van der Waals surface area contributed by atoms with E-state index in [4.69, 9.17) is 0 Å². The Labute approximate surface area is 159 Å². The van der Waals surface area contributed by atoms with Crippen LogP contribution in [0.4, 0.5) is 0 Å². The zero-order valence-corrected chi connectivity index (χ0v) is 15.6.